The van der Waals surface area contributed by atoms with Gasteiger partial charge < -0.3 is 10.2 Å². The van der Waals surface area contributed by atoms with E-state index in [-0.39, 0.29) is 17.9 Å². The Morgan fingerprint density at radius 1 is 1.06 bits per heavy atom. The van der Waals surface area contributed by atoms with E-state index >= 15 is 0 Å². The van der Waals surface area contributed by atoms with Crippen LogP contribution in [0.15, 0.2) is 98.1 Å². The topological polar surface area (TPSA) is 52.7 Å². The average molecular weight is 472 g/mol. The van der Waals surface area contributed by atoms with Gasteiger partial charge in [-0.3, -0.25) is 9.69 Å². The number of Topliss-reactive ketones (excluding diaryl/α,β-unsaturated/α-hetero) is 1. The van der Waals surface area contributed by atoms with E-state index in [1.807, 2.05) is 78.6 Å². The molecule has 5 heteroatoms. The van der Waals surface area contributed by atoms with E-state index in [1.165, 1.54) is 0 Å². The molecule has 2 heterocycles. The minimum Gasteiger partial charge on any atom is -0.326 e. The SMILES string of the molecule is C=C/C=C\C.C=CCC1(c2ccccc2)CN(C2CCN(CC(=O)c3ccccc3)CC2)C(=O)N1. The lowest BCUT2D eigenvalue weighted by Gasteiger charge is -2.36. The zero-order chi connectivity index (χ0) is 25.1. The number of carbonyl (C=O) groups is 2. The first-order chi connectivity index (χ1) is 17.0. The molecule has 2 amide bonds. The largest absolute Gasteiger partial charge is 0.326 e. The molecular formula is C30H37N3O2. The molecule has 2 aromatic carbocycles. The maximum Gasteiger partial charge on any atom is 0.318 e. The molecule has 2 aliphatic rings. The van der Waals surface area contributed by atoms with Gasteiger partial charge >= 0.3 is 6.03 Å². The van der Waals surface area contributed by atoms with Gasteiger partial charge in [-0.25, -0.2) is 4.79 Å². The number of hydrogen-bond acceptors (Lipinski definition) is 3. The smallest absolute Gasteiger partial charge is 0.318 e. The van der Waals surface area contributed by atoms with Crippen LogP contribution in [-0.2, 0) is 5.54 Å². The monoisotopic (exact) mass is 471 g/mol. The molecular weight excluding hydrogens is 434 g/mol. The Labute approximate surface area is 209 Å². The highest BCUT2D eigenvalue weighted by Gasteiger charge is 2.45. The zero-order valence-corrected chi connectivity index (χ0v) is 20.7. The second-order valence-electron chi connectivity index (χ2n) is 9.06. The number of urea groups is 1. The fraction of sp³-hybridized carbons (Fsp3) is 0.333. The van der Waals surface area contributed by atoms with Crippen molar-refractivity contribution in [1.29, 1.82) is 0 Å². The molecule has 184 valence electrons. The van der Waals surface area contributed by atoms with Crippen molar-refractivity contribution in [3.05, 3.63) is 109 Å². The Morgan fingerprint density at radius 3 is 2.23 bits per heavy atom. The highest BCUT2D eigenvalue weighted by Crippen LogP contribution is 2.34. The zero-order valence-electron chi connectivity index (χ0n) is 20.7. The lowest BCUT2D eigenvalue weighted by molar-refractivity contribution is 0.0865. The van der Waals surface area contributed by atoms with Crippen LogP contribution < -0.4 is 5.32 Å². The van der Waals surface area contributed by atoms with Gasteiger partial charge in [-0.1, -0.05) is 91.5 Å². The van der Waals surface area contributed by atoms with Crippen LogP contribution in [0, 0.1) is 0 Å². The summed E-state index contributed by atoms with van der Waals surface area (Å²) >= 11 is 0. The van der Waals surface area contributed by atoms with E-state index in [1.54, 1.807) is 6.08 Å². The van der Waals surface area contributed by atoms with Crippen molar-refractivity contribution in [2.45, 2.75) is 37.8 Å². The number of rotatable bonds is 8. The van der Waals surface area contributed by atoms with Crippen LogP contribution in [0.2, 0.25) is 0 Å². The third-order valence-electron chi connectivity index (χ3n) is 6.66. The molecule has 35 heavy (non-hydrogen) atoms. The Morgan fingerprint density at radius 2 is 1.69 bits per heavy atom. The van der Waals surface area contributed by atoms with E-state index in [4.69, 9.17) is 0 Å². The number of carbonyl (C=O) groups excluding carboxylic acids is 2. The predicted molar refractivity (Wildman–Crippen MR) is 143 cm³/mol. The quantitative estimate of drug-likeness (QED) is 0.311. The summed E-state index contributed by atoms with van der Waals surface area (Å²) in [6.07, 6.45) is 9.92. The van der Waals surface area contributed by atoms with Crippen LogP contribution in [0.1, 0.15) is 42.1 Å². The van der Waals surface area contributed by atoms with Gasteiger partial charge in [0.15, 0.2) is 5.78 Å². The summed E-state index contributed by atoms with van der Waals surface area (Å²) in [6, 6.07) is 19.8. The summed E-state index contributed by atoms with van der Waals surface area (Å²) in [5, 5.41) is 3.24. The number of hydrogen-bond donors (Lipinski definition) is 1. The second kappa shape index (κ2) is 12.9. The van der Waals surface area contributed by atoms with Gasteiger partial charge in [-0.15, -0.1) is 6.58 Å². The van der Waals surface area contributed by atoms with E-state index in [9.17, 15) is 9.59 Å². The summed E-state index contributed by atoms with van der Waals surface area (Å²) in [5.41, 5.74) is 1.46. The molecule has 1 unspecified atom stereocenters. The van der Waals surface area contributed by atoms with Crippen molar-refractivity contribution in [2.75, 3.05) is 26.2 Å². The first-order valence-corrected chi connectivity index (χ1v) is 12.3. The van der Waals surface area contributed by atoms with Gasteiger partial charge in [-0.05, 0) is 31.7 Å². The molecule has 1 N–H and O–H groups in total. The number of nitrogens with one attached hydrogen (secondary N) is 1. The van der Waals surface area contributed by atoms with Gasteiger partial charge in [0.2, 0.25) is 0 Å². The van der Waals surface area contributed by atoms with Gasteiger partial charge in [0, 0.05) is 24.7 Å². The molecule has 0 saturated carbocycles. The van der Waals surface area contributed by atoms with Gasteiger partial charge in [-0.2, -0.15) is 0 Å². The van der Waals surface area contributed by atoms with E-state index in [2.05, 4.69) is 35.5 Å². The number of allylic oxidation sites excluding steroid dienone is 3. The second-order valence-corrected chi connectivity index (χ2v) is 9.06. The summed E-state index contributed by atoms with van der Waals surface area (Å²) < 4.78 is 0. The van der Waals surface area contributed by atoms with Crippen molar-refractivity contribution in [1.82, 2.24) is 15.1 Å². The van der Waals surface area contributed by atoms with Crippen molar-refractivity contribution >= 4 is 11.8 Å². The molecule has 2 fully saturated rings. The standard InChI is InChI=1S/C25H29N3O2.C5H8/c1-2-15-25(21-11-7-4-8-12-21)19-28(24(30)26-25)22-13-16-27(17-14-22)18-23(29)20-9-5-3-6-10-20;1-3-5-4-2/h2-12,22H,1,13-19H2,(H,26,30);3-5H,1H2,2H3/b;5-4-. The maximum absolute atomic E-state index is 12.9. The van der Waals surface area contributed by atoms with Crippen molar-refractivity contribution in [3.63, 3.8) is 0 Å². The van der Waals surface area contributed by atoms with Crippen LogP contribution in [0.3, 0.4) is 0 Å². The first-order valence-electron chi connectivity index (χ1n) is 12.3. The Balaban J connectivity index is 0.000000623. The van der Waals surface area contributed by atoms with Gasteiger partial charge in [0.1, 0.15) is 0 Å². The maximum atomic E-state index is 12.9. The third-order valence-corrected chi connectivity index (χ3v) is 6.66. The molecule has 2 saturated heterocycles. The van der Waals surface area contributed by atoms with E-state index in [0.717, 1.165) is 37.1 Å². The van der Waals surface area contributed by atoms with Gasteiger partial charge in [0.05, 0.1) is 18.6 Å². The number of nitrogens with zero attached hydrogens (tertiary/aromatic N) is 2. The Hall–Kier alpha value is -3.44. The van der Waals surface area contributed by atoms with Crippen LogP contribution in [0.4, 0.5) is 4.79 Å². The summed E-state index contributed by atoms with van der Waals surface area (Å²) in [7, 11) is 0. The van der Waals surface area contributed by atoms with E-state index in [0.29, 0.717) is 19.5 Å². The normalized spacial score (nSPS) is 20.7. The number of benzene rings is 2. The number of likely N-dealkylation sites (tertiary alicyclic amines) is 1. The van der Waals surface area contributed by atoms with Crippen molar-refractivity contribution < 1.29 is 9.59 Å². The van der Waals surface area contributed by atoms with Crippen molar-refractivity contribution in [3.8, 4) is 0 Å². The molecule has 2 aromatic rings. The predicted octanol–water partition coefficient (Wildman–Crippen LogP) is 5.58. The van der Waals surface area contributed by atoms with Crippen LogP contribution in [-0.4, -0.2) is 53.8 Å². The van der Waals surface area contributed by atoms with E-state index < -0.39 is 5.54 Å². The van der Waals surface area contributed by atoms with Gasteiger partial charge in [0.25, 0.3) is 0 Å². The highest BCUT2D eigenvalue weighted by molar-refractivity contribution is 5.97. The molecule has 2 aliphatic heterocycles. The Kier molecular flexibility index (Phi) is 9.62. The molecule has 5 nitrogen and oxygen atoms in total. The Bertz CT molecular complexity index is 1010. The lowest BCUT2D eigenvalue weighted by Crippen LogP contribution is -2.47. The van der Waals surface area contributed by atoms with Crippen molar-refractivity contribution in [2.24, 2.45) is 0 Å². The highest BCUT2D eigenvalue weighted by atomic mass is 16.2. The average Bonchev–Trinajstić information content (AvgIpc) is 3.23. The number of amides is 2. The number of piperidine rings is 1. The molecule has 4 rings (SSSR count). The molecule has 1 atom stereocenters. The molecule has 0 spiro atoms. The fourth-order valence-electron chi connectivity index (χ4n) is 4.82. The lowest BCUT2D eigenvalue weighted by atomic mass is 9.87. The molecule has 0 aromatic heterocycles. The number of ketones is 1. The summed E-state index contributed by atoms with van der Waals surface area (Å²) in [6.45, 7) is 12.1. The minimum absolute atomic E-state index is 0.000449. The first kappa shape index (κ1) is 26.2. The van der Waals surface area contributed by atoms with Crippen LogP contribution >= 0.6 is 0 Å². The molecule has 0 bridgehead atoms. The molecule has 0 aliphatic carbocycles. The summed E-state index contributed by atoms with van der Waals surface area (Å²) in [4.78, 5) is 29.6. The molecule has 0 radical (unpaired) electrons. The third kappa shape index (κ3) is 6.80. The van der Waals surface area contributed by atoms with Crippen LogP contribution in [0.5, 0.6) is 0 Å². The minimum atomic E-state index is -0.416. The summed E-state index contributed by atoms with van der Waals surface area (Å²) in [5.74, 6) is 0.155. The fourth-order valence-corrected chi connectivity index (χ4v) is 4.82. The van der Waals surface area contributed by atoms with Crippen LogP contribution in [0.25, 0.3) is 0 Å².